The molecule has 4 N–H and O–H groups in total. The predicted molar refractivity (Wildman–Crippen MR) is 56.5 cm³/mol. The van der Waals surface area contributed by atoms with Crippen molar-refractivity contribution in [1.82, 2.24) is 10.3 Å². The lowest BCUT2D eigenvalue weighted by molar-refractivity contribution is -0.138. The van der Waals surface area contributed by atoms with Gasteiger partial charge in [0.05, 0.1) is 11.1 Å². The van der Waals surface area contributed by atoms with E-state index >= 15 is 0 Å². The van der Waals surface area contributed by atoms with Gasteiger partial charge in [-0.3, -0.25) is 29.5 Å². The Balaban J connectivity index is 2.62. The molecule has 2 heterocycles. The van der Waals surface area contributed by atoms with E-state index in [0.29, 0.717) is 6.08 Å². The summed E-state index contributed by atoms with van der Waals surface area (Å²) in [5, 5.41) is 20.4. The van der Waals surface area contributed by atoms with Crippen LogP contribution in [0.4, 0.5) is 0 Å². The van der Waals surface area contributed by atoms with Crippen molar-refractivity contribution < 1.29 is 24.6 Å². The molecular weight excluding hydrogens is 244 g/mol. The molecule has 0 unspecified atom stereocenters. The molecule has 2 rings (SSSR count). The molecule has 0 bridgehead atoms. The van der Waals surface area contributed by atoms with Gasteiger partial charge < -0.3 is 10.2 Å². The van der Waals surface area contributed by atoms with Gasteiger partial charge in [0.1, 0.15) is 0 Å². The fraction of sp³-hybridized carbons (Fsp3) is 0. The number of aromatic amines is 1. The van der Waals surface area contributed by atoms with Crippen LogP contribution in [0.1, 0.15) is 5.56 Å². The lowest BCUT2D eigenvalue weighted by Crippen LogP contribution is -2.40. The zero-order valence-corrected chi connectivity index (χ0v) is 8.68. The highest BCUT2D eigenvalue weighted by Gasteiger charge is 2.28. The molecule has 0 radical (unpaired) electrons. The smallest absolute Gasteiger partial charge is 0.298 e. The lowest BCUT2D eigenvalue weighted by Gasteiger charge is -2.12. The van der Waals surface area contributed by atoms with Crippen LogP contribution < -0.4 is 10.9 Å². The molecule has 92 valence electrons. The Morgan fingerprint density at radius 2 is 1.67 bits per heavy atom. The van der Waals surface area contributed by atoms with Crippen LogP contribution >= 0.6 is 0 Å². The Labute approximate surface area is 98.6 Å². The van der Waals surface area contributed by atoms with E-state index in [1.807, 2.05) is 4.98 Å². The fourth-order valence-electron chi connectivity index (χ4n) is 1.41. The summed E-state index contributed by atoms with van der Waals surface area (Å²) in [7, 11) is 0. The third-order valence-corrected chi connectivity index (χ3v) is 2.26. The molecule has 18 heavy (non-hydrogen) atoms. The lowest BCUT2D eigenvalue weighted by atomic mass is 10.0. The van der Waals surface area contributed by atoms with Crippen LogP contribution in [0, 0.1) is 0 Å². The number of nitrogens with one attached hydrogen (secondary N) is 2. The minimum absolute atomic E-state index is 0.259. The molecule has 1 aliphatic heterocycles. The molecule has 1 aliphatic rings. The van der Waals surface area contributed by atoms with E-state index in [9.17, 15) is 29.4 Å². The van der Waals surface area contributed by atoms with Gasteiger partial charge in [0.2, 0.25) is 5.78 Å². The van der Waals surface area contributed by atoms with Crippen LogP contribution in [0.25, 0.3) is 5.57 Å². The number of hydrogen-bond acceptors (Lipinski definition) is 6. The first kappa shape index (κ1) is 11.6. The highest BCUT2D eigenvalue weighted by molar-refractivity contribution is 6.51. The molecular formula is C10H6N2O6. The van der Waals surface area contributed by atoms with E-state index in [0.717, 1.165) is 6.07 Å². The maximum atomic E-state index is 11.5. The molecule has 1 aromatic rings. The van der Waals surface area contributed by atoms with Gasteiger partial charge in [-0.1, -0.05) is 0 Å². The standard InChI is InChI=1S/C10H6N2O6/c13-5-1-3(7(15)11-9(5)17)4-2-6(14)10(18)12-8(4)16/h1-2,13H,(H2,11,15,17)(H,12,16,18). The van der Waals surface area contributed by atoms with Crippen molar-refractivity contribution in [2.75, 3.05) is 0 Å². The average molecular weight is 250 g/mol. The van der Waals surface area contributed by atoms with Crippen molar-refractivity contribution >= 4 is 23.2 Å². The Morgan fingerprint density at radius 3 is 2.33 bits per heavy atom. The molecule has 0 fully saturated rings. The average Bonchev–Trinajstić information content (AvgIpc) is 2.29. The monoisotopic (exact) mass is 250 g/mol. The summed E-state index contributed by atoms with van der Waals surface area (Å²) in [4.78, 5) is 46.3. The maximum absolute atomic E-state index is 11.5. The number of aromatic nitrogens is 1. The number of H-pyrrole nitrogens is 1. The van der Waals surface area contributed by atoms with Crippen LogP contribution in [0.2, 0.25) is 0 Å². The zero-order valence-electron chi connectivity index (χ0n) is 8.68. The van der Waals surface area contributed by atoms with Crippen molar-refractivity contribution in [3.63, 3.8) is 0 Å². The normalized spacial score (nSPS) is 15.3. The third-order valence-electron chi connectivity index (χ3n) is 2.26. The Hall–Kier alpha value is -2.90. The van der Waals surface area contributed by atoms with Gasteiger partial charge in [-0.15, -0.1) is 0 Å². The van der Waals surface area contributed by atoms with E-state index in [-0.39, 0.29) is 11.1 Å². The largest absolute Gasteiger partial charge is 0.503 e. The van der Waals surface area contributed by atoms with E-state index in [2.05, 4.69) is 0 Å². The summed E-state index contributed by atoms with van der Waals surface area (Å²) in [5.74, 6) is -4.41. The number of pyridine rings is 1. The van der Waals surface area contributed by atoms with Crippen molar-refractivity contribution in [2.24, 2.45) is 0 Å². The first-order valence-corrected chi connectivity index (χ1v) is 4.67. The number of carbonyl (C=O) groups excluding carboxylic acids is 3. The van der Waals surface area contributed by atoms with Gasteiger partial charge in [0, 0.05) is 6.08 Å². The predicted octanol–water partition coefficient (Wildman–Crippen LogP) is -1.61. The number of aromatic hydroxyl groups is 2. The first-order valence-electron chi connectivity index (χ1n) is 4.67. The van der Waals surface area contributed by atoms with Crippen molar-refractivity contribution in [3.05, 3.63) is 28.1 Å². The van der Waals surface area contributed by atoms with Crippen molar-refractivity contribution in [1.29, 1.82) is 0 Å². The first-order chi connectivity index (χ1) is 8.40. The topological polar surface area (TPSA) is 137 Å². The third kappa shape index (κ3) is 1.75. The van der Waals surface area contributed by atoms with Crippen molar-refractivity contribution in [2.45, 2.75) is 0 Å². The highest BCUT2D eigenvalue weighted by atomic mass is 16.3. The van der Waals surface area contributed by atoms with Gasteiger partial charge in [-0.2, -0.15) is 0 Å². The second-order valence-electron chi connectivity index (χ2n) is 3.45. The summed E-state index contributed by atoms with van der Waals surface area (Å²) >= 11 is 0. The number of amides is 2. The molecule has 0 spiro atoms. The van der Waals surface area contributed by atoms with E-state index in [1.165, 1.54) is 0 Å². The number of ketones is 1. The molecule has 8 nitrogen and oxygen atoms in total. The molecule has 1 aromatic heterocycles. The van der Waals surface area contributed by atoms with Gasteiger partial charge in [0.15, 0.2) is 11.6 Å². The fourth-order valence-corrected chi connectivity index (χ4v) is 1.41. The highest BCUT2D eigenvalue weighted by Crippen LogP contribution is 2.25. The summed E-state index contributed by atoms with van der Waals surface area (Å²) in [6, 6.07) is 0.822. The SMILES string of the molecule is O=C1C=C(c2cc(O)c(=O)[nH]c2O)C(=O)NC1=O. The maximum Gasteiger partial charge on any atom is 0.298 e. The number of carbonyl (C=O) groups is 3. The van der Waals surface area contributed by atoms with Crippen LogP contribution in [-0.4, -0.2) is 32.8 Å². The second-order valence-corrected chi connectivity index (χ2v) is 3.45. The molecule has 0 saturated carbocycles. The Morgan fingerprint density at radius 1 is 1.00 bits per heavy atom. The zero-order chi connectivity index (χ0) is 13.4. The molecule has 0 saturated heterocycles. The van der Waals surface area contributed by atoms with Crippen LogP contribution in [-0.2, 0) is 14.4 Å². The van der Waals surface area contributed by atoms with Gasteiger partial charge >= 0.3 is 0 Å². The van der Waals surface area contributed by atoms with Crippen LogP contribution in [0.5, 0.6) is 11.6 Å². The number of imide groups is 1. The molecule has 0 aliphatic carbocycles. The summed E-state index contributed by atoms with van der Waals surface area (Å²) in [6.07, 6.45) is 0.716. The quantitative estimate of drug-likeness (QED) is 0.350. The Bertz CT molecular complexity index is 669. The van der Waals surface area contributed by atoms with Gasteiger partial charge in [-0.05, 0) is 6.07 Å². The minimum Gasteiger partial charge on any atom is -0.503 e. The van der Waals surface area contributed by atoms with Gasteiger partial charge in [0.25, 0.3) is 17.4 Å². The summed E-state index contributed by atoms with van der Waals surface area (Å²) in [5.41, 5.74) is -1.54. The Kier molecular flexibility index (Phi) is 2.47. The molecule has 8 heteroatoms. The summed E-state index contributed by atoms with van der Waals surface area (Å²) in [6.45, 7) is 0. The molecule has 0 atom stereocenters. The molecule has 0 aromatic carbocycles. The van der Waals surface area contributed by atoms with Gasteiger partial charge in [-0.25, -0.2) is 0 Å². The number of rotatable bonds is 1. The second kappa shape index (κ2) is 3.84. The molecule has 2 amide bonds. The van der Waals surface area contributed by atoms with E-state index < -0.39 is 34.8 Å². The van der Waals surface area contributed by atoms with Crippen LogP contribution in [0.15, 0.2) is 16.9 Å². The van der Waals surface area contributed by atoms with Crippen LogP contribution in [0.3, 0.4) is 0 Å². The minimum atomic E-state index is -1.09. The summed E-state index contributed by atoms with van der Waals surface area (Å²) < 4.78 is 0. The van der Waals surface area contributed by atoms with E-state index in [4.69, 9.17) is 0 Å². The number of hydrogen-bond donors (Lipinski definition) is 4. The van der Waals surface area contributed by atoms with Crippen molar-refractivity contribution in [3.8, 4) is 11.6 Å². The van der Waals surface area contributed by atoms with E-state index in [1.54, 1.807) is 5.32 Å².